The number of fused-ring (bicyclic) bond motifs is 1. The van der Waals surface area contributed by atoms with E-state index in [2.05, 4.69) is 26.5 Å². The second-order valence-electron chi connectivity index (χ2n) is 7.72. The van der Waals surface area contributed by atoms with Crippen LogP contribution in [0.3, 0.4) is 0 Å². The number of anilines is 1. The van der Waals surface area contributed by atoms with Gasteiger partial charge in [0.05, 0.1) is 4.90 Å². The molecule has 1 fully saturated rings. The molecule has 4 rings (SSSR count). The van der Waals surface area contributed by atoms with E-state index in [1.54, 1.807) is 41.8 Å². The van der Waals surface area contributed by atoms with Crippen LogP contribution in [-0.2, 0) is 14.8 Å². The molecule has 0 radical (unpaired) electrons. The number of aromatic nitrogens is 1. The number of unbranched alkanes of at least 4 members (excludes halogenated alkanes) is 1. The predicted molar refractivity (Wildman–Crippen MR) is 122 cm³/mol. The monoisotopic (exact) mass is 461 g/mol. The molecule has 2 aromatic rings. The third-order valence-corrected chi connectivity index (χ3v) is 7.79. The minimum absolute atomic E-state index is 0.0366. The number of carbonyl (C=O) groups is 1. The number of hydrogen-bond acceptors (Lipinski definition) is 7. The Hall–Kier alpha value is -2.46. The maximum atomic E-state index is 13.4. The second kappa shape index (κ2) is 9.35. The van der Waals surface area contributed by atoms with Crippen LogP contribution in [0.1, 0.15) is 38.2 Å². The molecule has 1 aromatic heterocycles. The lowest BCUT2D eigenvalue weighted by atomic mass is 10.1. The molecule has 1 N–H and O–H groups in total. The summed E-state index contributed by atoms with van der Waals surface area (Å²) in [5, 5.41) is 2.94. The van der Waals surface area contributed by atoms with E-state index < -0.39 is 16.1 Å². The van der Waals surface area contributed by atoms with E-state index in [0.717, 1.165) is 37.5 Å². The highest BCUT2D eigenvalue weighted by atomic mass is 32.2. The number of amides is 1. The van der Waals surface area contributed by atoms with Crippen LogP contribution in [0.4, 0.5) is 5.13 Å². The van der Waals surface area contributed by atoms with Gasteiger partial charge in [0.15, 0.2) is 5.13 Å². The lowest BCUT2D eigenvalue weighted by Gasteiger charge is -2.25. The number of aliphatic imine (C=N–C) groups is 1. The fourth-order valence-electron chi connectivity index (χ4n) is 3.94. The van der Waals surface area contributed by atoms with Gasteiger partial charge in [-0.05, 0) is 25.0 Å². The fourth-order valence-corrected chi connectivity index (χ4v) is 5.87. The smallest absolute Gasteiger partial charge is 0.263 e. The van der Waals surface area contributed by atoms with Gasteiger partial charge in [-0.25, -0.2) is 13.4 Å². The minimum atomic E-state index is -3.63. The second-order valence-corrected chi connectivity index (χ2v) is 10.2. The van der Waals surface area contributed by atoms with Gasteiger partial charge in [-0.15, -0.1) is 11.3 Å². The van der Waals surface area contributed by atoms with Crippen molar-refractivity contribution >= 4 is 38.2 Å². The molecule has 0 aliphatic carbocycles. The van der Waals surface area contributed by atoms with E-state index in [4.69, 9.17) is 0 Å². The van der Waals surface area contributed by atoms with Gasteiger partial charge < -0.3 is 9.80 Å². The van der Waals surface area contributed by atoms with Gasteiger partial charge in [0, 0.05) is 43.3 Å². The van der Waals surface area contributed by atoms with Crippen molar-refractivity contribution in [1.29, 1.82) is 0 Å². The summed E-state index contributed by atoms with van der Waals surface area (Å²) in [5.41, 5.74) is 0.530. The van der Waals surface area contributed by atoms with Crippen molar-refractivity contribution in [2.75, 3.05) is 31.1 Å². The Morgan fingerprint density at radius 2 is 2.10 bits per heavy atom. The van der Waals surface area contributed by atoms with Gasteiger partial charge in [-0.2, -0.15) is 0 Å². The Morgan fingerprint density at radius 1 is 1.26 bits per heavy atom. The van der Waals surface area contributed by atoms with E-state index in [1.807, 2.05) is 10.3 Å². The molecule has 1 amide bonds. The first-order valence-electron chi connectivity index (χ1n) is 10.6. The molecular weight excluding hydrogens is 434 g/mol. The topological polar surface area (TPSA) is 95.0 Å². The first-order valence-corrected chi connectivity index (χ1v) is 13.0. The molecule has 1 aromatic carbocycles. The molecular formula is C21H27N5O3S2. The summed E-state index contributed by atoms with van der Waals surface area (Å²) in [7, 11) is -3.63. The first-order chi connectivity index (χ1) is 15.0. The maximum Gasteiger partial charge on any atom is 0.263 e. The summed E-state index contributed by atoms with van der Waals surface area (Å²) in [5.74, 6) is 0.231. The summed E-state index contributed by atoms with van der Waals surface area (Å²) in [4.78, 5) is 26.7. The molecule has 1 atom stereocenters. The normalized spacial score (nSPS) is 20.2. The molecule has 2 aliphatic heterocycles. The van der Waals surface area contributed by atoms with Crippen LogP contribution in [0.15, 0.2) is 45.7 Å². The number of sulfonamides is 1. The minimum Gasteiger partial charge on any atom is -0.346 e. The quantitative estimate of drug-likeness (QED) is 0.713. The summed E-state index contributed by atoms with van der Waals surface area (Å²) in [6.45, 7) is 4.93. The number of amidine groups is 1. The summed E-state index contributed by atoms with van der Waals surface area (Å²) >= 11 is 1.60. The predicted octanol–water partition coefficient (Wildman–Crippen LogP) is 2.48. The Kier molecular flexibility index (Phi) is 6.57. The zero-order valence-electron chi connectivity index (χ0n) is 17.5. The van der Waals surface area contributed by atoms with E-state index in [-0.39, 0.29) is 16.6 Å². The maximum absolute atomic E-state index is 13.4. The number of hydrogen-bond donors (Lipinski definition) is 1. The van der Waals surface area contributed by atoms with Crippen LogP contribution < -0.4 is 9.62 Å². The van der Waals surface area contributed by atoms with Crippen molar-refractivity contribution in [3.05, 3.63) is 41.4 Å². The highest BCUT2D eigenvalue weighted by Gasteiger charge is 2.33. The molecule has 3 heterocycles. The number of carbonyl (C=O) groups excluding carboxylic acids is 1. The highest BCUT2D eigenvalue weighted by Crippen LogP contribution is 2.24. The number of rotatable bonds is 6. The highest BCUT2D eigenvalue weighted by molar-refractivity contribution is 7.90. The standard InChI is InChI=1S/C21H27N5O3S2/c1-2-3-8-17(23-19-16-7-4-5-9-18(16)31(28,29)24-19)20(27)25-11-6-12-26(14-13-25)21-22-10-15-30-21/h4-5,7,9-10,15,17H,2-3,6,8,11-14H2,1H3,(H,23,24). The number of benzene rings is 1. The van der Waals surface area contributed by atoms with E-state index in [0.29, 0.717) is 25.1 Å². The van der Waals surface area contributed by atoms with Crippen molar-refractivity contribution in [1.82, 2.24) is 14.6 Å². The first kappa shape index (κ1) is 21.8. The summed E-state index contributed by atoms with van der Waals surface area (Å²) in [6, 6.07) is 6.15. The number of nitrogens with zero attached hydrogens (tertiary/aromatic N) is 4. The largest absolute Gasteiger partial charge is 0.346 e. The average Bonchev–Trinajstić information content (AvgIpc) is 3.30. The van der Waals surface area contributed by atoms with Gasteiger partial charge in [0.1, 0.15) is 11.9 Å². The Labute approximate surface area is 187 Å². The van der Waals surface area contributed by atoms with Crippen molar-refractivity contribution in [2.45, 2.75) is 43.5 Å². The van der Waals surface area contributed by atoms with Crippen LogP contribution in [0, 0.1) is 0 Å². The summed E-state index contributed by atoms with van der Waals surface area (Å²) in [6.07, 6.45) is 5.04. The zero-order valence-corrected chi connectivity index (χ0v) is 19.2. The van der Waals surface area contributed by atoms with Crippen LogP contribution in [0.5, 0.6) is 0 Å². The molecule has 10 heteroatoms. The molecule has 0 bridgehead atoms. The van der Waals surface area contributed by atoms with E-state index in [1.165, 1.54) is 0 Å². The van der Waals surface area contributed by atoms with E-state index in [9.17, 15) is 13.2 Å². The molecule has 0 spiro atoms. The van der Waals surface area contributed by atoms with Crippen LogP contribution in [0.25, 0.3) is 0 Å². The third kappa shape index (κ3) is 4.74. The van der Waals surface area contributed by atoms with E-state index >= 15 is 0 Å². The summed E-state index contributed by atoms with van der Waals surface area (Å²) < 4.78 is 27.4. The van der Waals surface area contributed by atoms with Crippen LogP contribution in [-0.4, -0.2) is 62.3 Å². The Bertz CT molecular complexity index is 1050. The van der Waals surface area contributed by atoms with Gasteiger partial charge in [-0.3, -0.25) is 14.5 Å². The Morgan fingerprint density at radius 3 is 2.87 bits per heavy atom. The van der Waals surface area contributed by atoms with Gasteiger partial charge in [0.2, 0.25) is 5.91 Å². The molecule has 166 valence electrons. The van der Waals surface area contributed by atoms with Crippen molar-refractivity contribution in [2.24, 2.45) is 4.99 Å². The van der Waals surface area contributed by atoms with Gasteiger partial charge in [-0.1, -0.05) is 31.9 Å². The molecule has 0 saturated carbocycles. The van der Waals surface area contributed by atoms with Crippen molar-refractivity contribution in [3.63, 3.8) is 0 Å². The van der Waals surface area contributed by atoms with Gasteiger partial charge >= 0.3 is 0 Å². The number of thiazole rings is 1. The SMILES string of the molecule is CCCCC(N=C1NS(=O)(=O)c2ccccc21)C(=O)N1CCCN(c2nccs2)CC1. The lowest BCUT2D eigenvalue weighted by molar-refractivity contribution is -0.132. The fraction of sp³-hybridized carbons (Fsp3) is 0.476. The molecule has 1 unspecified atom stereocenters. The van der Waals surface area contributed by atoms with Crippen molar-refractivity contribution in [3.8, 4) is 0 Å². The third-order valence-electron chi connectivity index (χ3n) is 5.56. The lowest BCUT2D eigenvalue weighted by Crippen LogP contribution is -2.41. The van der Waals surface area contributed by atoms with Gasteiger partial charge in [0.25, 0.3) is 10.0 Å². The van der Waals surface area contributed by atoms with Crippen LogP contribution in [0.2, 0.25) is 0 Å². The molecule has 31 heavy (non-hydrogen) atoms. The number of nitrogens with one attached hydrogen (secondary N) is 1. The molecule has 1 saturated heterocycles. The Balaban J connectivity index is 1.54. The average molecular weight is 462 g/mol. The van der Waals surface area contributed by atoms with Crippen LogP contribution >= 0.6 is 11.3 Å². The zero-order chi connectivity index (χ0) is 21.8. The van der Waals surface area contributed by atoms with Crippen molar-refractivity contribution < 1.29 is 13.2 Å². The molecule has 2 aliphatic rings. The molecule has 8 nitrogen and oxygen atoms in total.